The molecule has 1 aromatic rings. The van der Waals surface area contributed by atoms with Gasteiger partial charge in [-0.15, -0.1) is 0 Å². The van der Waals surface area contributed by atoms with Crippen molar-refractivity contribution >= 4 is 0 Å². The Balaban J connectivity index is 2.05. The average Bonchev–Trinajstić information content (AvgIpc) is 2.21. The van der Waals surface area contributed by atoms with Crippen molar-refractivity contribution in [1.82, 2.24) is 9.97 Å². The molecule has 0 aliphatic heterocycles. The Morgan fingerprint density at radius 3 is 2.36 bits per heavy atom. The largest absolute Gasteiger partial charge is 0.258 e. The van der Waals surface area contributed by atoms with Crippen LogP contribution in [0.5, 0.6) is 0 Å². The summed E-state index contributed by atoms with van der Waals surface area (Å²) < 4.78 is 0. The first-order valence-electron chi connectivity index (χ1n) is 5.54. The summed E-state index contributed by atoms with van der Waals surface area (Å²) in [5.74, 6) is 1.57. The molecule has 1 fully saturated rings. The predicted octanol–water partition coefficient (Wildman–Crippen LogP) is 3.08. The number of nitrogens with zero attached hydrogens (tertiary/aromatic N) is 2. The number of aryl methyl sites for hydroxylation is 1. The lowest BCUT2D eigenvalue weighted by Gasteiger charge is -2.25. The molecule has 0 bridgehead atoms. The van der Waals surface area contributed by atoms with Gasteiger partial charge in [-0.25, -0.2) is 0 Å². The quantitative estimate of drug-likeness (QED) is 0.680. The third kappa shape index (κ3) is 2.11. The highest BCUT2D eigenvalue weighted by atomic mass is 14.8. The Morgan fingerprint density at radius 1 is 1.07 bits per heavy atom. The molecule has 2 rings (SSSR count). The van der Waals surface area contributed by atoms with Gasteiger partial charge in [-0.3, -0.25) is 9.97 Å². The van der Waals surface area contributed by atoms with Crippen molar-refractivity contribution in [2.45, 2.75) is 45.4 Å². The van der Waals surface area contributed by atoms with Crippen molar-refractivity contribution in [3.63, 3.8) is 0 Å². The Morgan fingerprint density at radius 2 is 1.79 bits per heavy atom. The maximum Gasteiger partial charge on any atom is 0.0617 e. The van der Waals surface area contributed by atoms with Crippen LogP contribution >= 0.6 is 0 Å². The minimum Gasteiger partial charge on any atom is -0.258 e. The first kappa shape index (κ1) is 9.63. The molecule has 14 heavy (non-hydrogen) atoms. The van der Waals surface area contributed by atoms with Crippen LogP contribution in [0.4, 0.5) is 0 Å². The van der Waals surface area contributed by atoms with Crippen LogP contribution in [0.3, 0.4) is 0 Å². The van der Waals surface area contributed by atoms with E-state index in [-0.39, 0.29) is 0 Å². The van der Waals surface area contributed by atoms with E-state index in [1.165, 1.54) is 31.4 Å². The fourth-order valence-corrected chi connectivity index (χ4v) is 2.17. The van der Waals surface area contributed by atoms with Gasteiger partial charge in [-0.1, -0.05) is 19.8 Å². The maximum absolute atomic E-state index is 4.46. The lowest BCUT2D eigenvalue weighted by Crippen LogP contribution is -2.12. The second-order valence-corrected chi connectivity index (χ2v) is 4.54. The van der Waals surface area contributed by atoms with Crippen LogP contribution in [-0.4, -0.2) is 9.97 Å². The zero-order valence-electron chi connectivity index (χ0n) is 9.03. The fourth-order valence-electron chi connectivity index (χ4n) is 2.17. The first-order chi connectivity index (χ1) is 6.75. The molecular formula is C12H18N2. The third-order valence-corrected chi connectivity index (χ3v) is 3.24. The van der Waals surface area contributed by atoms with Crippen LogP contribution in [0.25, 0.3) is 0 Å². The average molecular weight is 190 g/mol. The monoisotopic (exact) mass is 190 g/mol. The molecule has 2 heteroatoms. The van der Waals surface area contributed by atoms with Crippen molar-refractivity contribution in [3.05, 3.63) is 23.8 Å². The Kier molecular flexibility index (Phi) is 2.80. The highest BCUT2D eigenvalue weighted by molar-refractivity contribution is 5.07. The minimum absolute atomic E-state index is 0.666. The van der Waals surface area contributed by atoms with E-state index in [9.17, 15) is 0 Å². The summed E-state index contributed by atoms with van der Waals surface area (Å²) in [5.41, 5.74) is 2.21. The molecule has 0 amide bonds. The summed E-state index contributed by atoms with van der Waals surface area (Å²) in [4.78, 5) is 8.78. The van der Waals surface area contributed by atoms with E-state index in [4.69, 9.17) is 0 Å². The molecule has 0 N–H and O–H groups in total. The molecule has 1 aliphatic carbocycles. The Hall–Kier alpha value is -0.920. The van der Waals surface area contributed by atoms with Crippen molar-refractivity contribution in [3.8, 4) is 0 Å². The fraction of sp³-hybridized carbons (Fsp3) is 0.667. The summed E-state index contributed by atoms with van der Waals surface area (Å²) in [6.45, 7) is 4.33. The maximum atomic E-state index is 4.46. The number of hydrogen-bond acceptors (Lipinski definition) is 2. The Bertz CT molecular complexity index is 284. The second-order valence-electron chi connectivity index (χ2n) is 4.54. The lowest BCUT2D eigenvalue weighted by atomic mass is 9.81. The summed E-state index contributed by atoms with van der Waals surface area (Å²) in [5, 5.41) is 0. The van der Waals surface area contributed by atoms with Gasteiger partial charge < -0.3 is 0 Å². The molecule has 0 radical (unpaired) electrons. The zero-order chi connectivity index (χ0) is 9.97. The van der Waals surface area contributed by atoms with E-state index >= 15 is 0 Å². The number of aromatic nitrogens is 2. The lowest BCUT2D eigenvalue weighted by molar-refractivity contribution is 0.343. The van der Waals surface area contributed by atoms with Crippen molar-refractivity contribution in [2.75, 3.05) is 0 Å². The van der Waals surface area contributed by atoms with Gasteiger partial charge in [0.05, 0.1) is 11.4 Å². The van der Waals surface area contributed by atoms with Crippen LogP contribution in [0, 0.1) is 12.8 Å². The zero-order valence-corrected chi connectivity index (χ0v) is 9.03. The Labute approximate surface area is 85.8 Å². The second kappa shape index (κ2) is 4.07. The van der Waals surface area contributed by atoms with Crippen LogP contribution < -0.4 is 0 Å². The molecular weight excluding hydrogens is 172 g/mol. The SMILES string of the molecule is Cc1cnc(C2CCC(C)CC2)cn1. The molecule has 76 valence electrons. The molecule has 0 saturated heterocycles. The highest BCUT2D eigenvalue weighted by Crippen LogP contribution is 2.34. The van der Waals surface area contributed by atoms with Gasteiger partial charge in [-0.2, -0.15) is 0 Å². The van der Waals surface area contributed by atoms with Gasteiger partial charge in [0.15, 0.2) is 0 Å². The molecule has 0 aromatic carbocycles. The minimum atomic E-state index is 0.666. The molecule has 1 aliphatic rings. The van der Waals surface area contributed by atoms with E-state index in [1.54, 1.807) is 0 Å². The summed E-state index contributed by atoms with van der Waals surface area (Å²) in [7, 11) is 0. The molecule has 0 unspecified atom stereocenters. The van der Waals surface area contributed by atoms with Crippen molar-refractivity contribution in [1.29, 1.82) is 0 Å². The van der Waals surface area contributed by atoms with E-state index in [2.05, 4.69) is 16.9 Å². The van der Waals surface area contributed by atoms with Crippen LogP contribution in [0.15, 0.2) is 12.4 Å². The topological polar surface area (TPSA) is 25.8 Å². The molecule has 1 aromatic heterocycles. The van der Waals surface area contributed by atoms with Gasteiger partial charge in [-0.05, 0) is 25.7 Å². The van der Waals surface area contributed by atoms with Gasteiger partial charge in [0.25, 0.3) is 0 Å². The molecule has 0 spiro atoms. The van der Waals surface area contributed by atoms with Gasteiger partial charge in [0.1, 0.15) is 0 Å². The normalized spacial score (nSPS) is 27.6. The molecule has 2 nitrogen and oxygen atoms in total. The van der Waals surface area contributed by atoms with Crippen LogP contribution in [-0.2, 0) is 0 Å². The van der Waals surface area contributed by atoms with E-state index in [0.717, 1.165) is 11.6 Å². The van der Waals surface area contributed by atoms with Crippen LogP contribution in [0.1, 0.15) is 49.9 Å². The van der Waals surface area contributed by atoms with E-state index < -0.39 is 0 Å². The van der Waals surface area contributed by atoms with Gasteiger partial charge >= 0.3 is 0 Å². The van der Waals surface area contributed by atoms with Crippen molar-refractivity contribution < 1.29 is 0 Å². The summed E-state index contributed by atoms with van der Waals surface area (Å²) >= 11 is 0. The van der Waals surface area contributed by atoms with Crippen molar-refractivity contribution in [2.24, 2.45) is 5.92 Å². The van der Waals surface area contributed by atoms with Gasteiger partial charge in [0, 0.05) is 18.3 Å². The highest BCUT2D eigenvalue weighted by Gasteiger charge is 2.20. The number of hydrogen-bond donors (Lipinski definition) is 0. The van der Waals surface area contributed by atoms with E-state index in [1.807, 2.05) is 19.3 Å². The van der Waals surface area contributed by atoms with E-state index in [0.29, 0.717) is 5.92 Å². The third-order valence-electron chi connectivity index (χ3n) is 3.24. The number of rotatable bonds is 1. The smallest absolute Gasteiger partial charge is 0.0617 e. The molecule has 1 saturated carbocycles. The molecule has 0 atom stereocenters. The standard InChI is InChI=1S/C12H18N2/c1-9-3-5-11(6-4-9)12-8-13-10(2)7-14-12/h7-9,11H,3-6H2,1-2H3. The molecule has 1 heterocycles. The predicted molar refractivity (Wildman–Crippen MR) is 57.1 cm³/mol. The van der Waals surface area contributed by atoms with Crippen LogP contribution in [0.2, 0.25) is 0 Å². The van der Waals surface area contributed by atoms with Gasteiger partial charge in [0.2, 0.25) is 0 Å². The summed E-state index contributed by atoms with van der Waals surface area (Å²) in [6.07, 6.45) is 9.11. The first-order valence-corrected chi connectivity index (χ1v) is 5.54. The summed E-state index contributed by atoms with van der Waals surface area (Å²) in [6, 6.07) is 0.